The van der Waals surface area contributed by atoms with Gasteiger partial charge in [-0.25, -0.2) is 13.4 Å². The number of thiophene rings is 1. The van der Waals surface area contributed by atoms with Crippen molar-refractivity contribution in [1.29, 1.82) is 5.26 Å². The summed E-state index contributed by atoms with van der Waals surface area (Å²) in [5.41, 5.74) is 0. The van der Waals surface area contributed by atoms with Gasteiger partial charge < -0.3 is 0 Å². The van der Waals surface area contributed by atoms with Gasteiger partial charge in [-0.05, 0) is 29.8 Å². The van der Waals surface area contributed by atoms with E-state index in [1.54, 1.807) is 0 Å². The number of nitriles is 1. The summed E-state index contributed by atoms with van der Waals surface area (Å²) in [7, 11) is -3.75. The molecule has 9 heteroatoms. The third-order valence-electron chi connectivity index (χ3n) is 1.82. The molecule has 2 aromatic heterocycles. The van der Waals surface area contributed by atoms with Gasteiger partial charge in [-0.1, -0.05) is 0 Å². The number of nitrogens with zero attached hydrogens (tertiary/aromatic N) is 3. The standard InChI is InChI=1S/C9H5ClN4O2S2/c10-9-12-4-3-7(13-9)14-18(15,16)8-2-1-6(5-11)17-8/h1-4H,(H,12,13,14). The van der Waals surface area contributed by atoms with Crippen LogP contribution < -0.4 is 4.72 Å². The number of halogens is 1. The van der Waals surface area contributed by atoms with Crippen molar-refractivity contribution in [3.05, 3.63) is 34.6 Å². The van der Waals surface area contributed by atoms with Crippen LogP contribution in [0.15, 0.2) is 28.6 Å². The van der Waals surface area contributed by atoms with Gasteiger partial charge in [-0.15, -0.1) is 11.3 Å². The molecular weight excluding hydrogens is 296 g/mol. The first-order chi connectivity index (χ1) is 8.51. The van der Waals surface area contributed by atoms with Crippen molar-refractivity contribution < 1.29 is 8.42 Å². The van der Waals surface area contributed by atoms with Crippen LogP contribution in [0.3, 0.4) is 0 Å². The molecular formula is C9H5ClN4O2S2. The van der Waals surface area contributed by atoms with Crippen LogP contribution >= 0.6 is 22.9 Å². The molecule has 0 radical (unpaired) electrons. The molecule has 0 saturated heterocycles. The van der Waals surface area contributed by atoms with E-state index in [-0.39, 0.29) is 15.3 Å². The zero-order valence-corrected chi connectivity index (χ0v) is 11.1. The molecule has 0 saturated carbocycles. The summed E-state index contributed by atoms with van der Waals surface area (Å²) in [6.07, 6.45) is 1.34. The number of nitrogens with one attached hydrogen (secondary N) is 1. The molecule has 0 aliphatic heterocycles. The average Bonchev–Trinajstić information content (AvgIpc) is 2.77. The Morgan fingerprint density at radius 2 is 2.17 bits per heavy atom. The molecule has 92 valence electrons. The predicted octanol–water partition coefficient (Wildman–Crippen LogP) is 1.86. The number of anilines is 1. The highest BCUT2D eigenvalue weighted by atomic mass is 35.5. The van der Waals surface area contributed by atoms with Crippen LogP contribution in [0, 0.1) is 11.3 Å². The Hall–Kier alpha value is -1.69. The van der Waals surface area contributed by atoms with Crippen molar-refractivity contribution in [2.75, 3.05) is 4.72 Å². The van der Waals surface area contributed by atoms with Crippen LogP contribution in [-0.2, 0) is 10.0 Å². The molecule has 1 N–H and O–H groups in total. The highest BCUT2D eigenvalue weighted by molar-refractivity contribution is 7.94. The molecule has 0 unspecified atom stereocenters. The summed E-state index contributed by atoms with van der Waals surface area (Å²) in [5.74, 6) is 0.0712. The van der Waals surface area contributed by atoms with E-state index in [0.29, 0.717) is 4.88 Å². The van der Waals surface area contributed by atoms with Crippen LogP contribution in [0.4, 0.5) is 5.82 Å². The molecule has 18 heavy (non-hydrogen) atoms. The van der Waals surface area contributed by atoms with Crippen LogP contribution in [0.25, 0.3) is 0 Å². The lowest BCUT2D eigenvalue weighted by atomic mass is 10.5. The molecule has 0 atom stereocenters. The number of aromatic nitrogens is 2. The van der Waals surface area contributed by atoms with E-state index in [1.165, 1.54) is 24.4 Å². The van der Waals surface area contributed by atoms with Crippen LogP contribution in [-0.4, -0.2) is 18.4 Å². The fourth-order valence-corrected chi connectivity index (χ4v) is 3.36. The van der Waals surface area contributed by atoms with E-state index in [0.717, 1.165) is 11.3 Å². The molecule has 0 aliphatic rings. The van der Waals surface area contributed by atoms with Crippen molar-refractivity contribution in [2.45, 2.75) is 4.21 Å². The maximum absolute atomic E-state index is 11.9. The lowest BCUT2D eigenvalue weighted by Crippen LogP contribution is -2.12. The lowest BCUT2D eigenvalue weighted by molar-refractivity contribution is 0.603. The fraction of sp³-hybridized carbons (Fsp3) is 0. The number of hydrogen-bond acceptors (Lipinski definition) is 6. The molecule has 6 nitrogen and oxygen atoms in total. The minimum Gasteiger partial charge on any atom is -0.263 e. The first kappa shape index (κ1) is 12.8. The summed E-state index contributed by atoms with van der Waals surface area (Å²) >= 11 is 6.42. The molecule has 0 aromatic carbocycles. The van der Waals surface area contributed by atoms with E-state index >= 15 is 0 Å². The molecule has 2 rings (SSSR count). The topological polar surface area (TPSA) is 95.7 Å². The first-order valence-electron chi connectivity index (χ1n) is 4.52. The van der Waals surface area contributed by atoms with Gasteiger partial charge in [-0.2, -0.15) is 10.2 Å². The third kappa shape index (κ3) is 2.76. The Morgan fingerprint density at radius 3 is 2.78 bits per heavy atom. The second-order valence-electron chi connectivity index (χ2n) is 3.05. The lowest BCUT2D eigenvalue weighted by Gasteiger charge is -2.04. The van der Waals surface area contributed by atoms with Gasteiger partial charge in [0.1, 0.15) is 21.0 Å². The summed E-state index contributed by atoms with van der Waals surface area (Å²) in [5, 5.41) is 8.59. The molecule has 0 spiro atoms. The highest BCUT2D eigenvalue weighted by Crippen LogP contribution is 2.22. The van der Waals surface area contributed by atoms with Crippen LogP contribution in [0.1, 0.15) is 4.88 Å². The Bertz CT molecular complexity index is 720. The van der Waals surface area contributed by atoms with Crippen LogP contribution in [0.5, 0.6) is 0 Å². The number of rotatable bonds is 3. The predicted molar refractivity (Wildman–Crippen MR) is 66.9 cm³/mol. The van der Waals surface area contributed by atoms with E-state index in [2.05, 4.69) is 14.7 Å². The monoisotopic (exact) mass is 300 g/mol. The minimum atomic E-state index is -3.75. The van der Waals surface area contributed by atoms with Crippen molar-refractivity contribution in [1.82, 2.24) is 9.97 Å². The average molecular weight is 301 g/mol. The van der Waals surface area contributed by atoms with E-state index < -0.39 is 10.0 Å². The van der Waals surface area contributed by atoms with Crippen molar-refractivity contribution >= 4 is 38.8 Å². The second kappa shape index (κ2) is 4.89. The van der Waals surface area contributed by atoms with Gasteiger partial charge in [0.05, 0.1) is 0 Å². The molecule has 2 heterocycles. The molecule has 0 amide bonds. The SMILES string of the molecule is N#Cc1ccc(S(=O)(=O)Nc2ccnc(Cl)n2)s1. The maximum Gasteiger partial charge on any atom is 0.272 e. The van der Waals surface area contributed by atoms with Crippen molar-refractivity contribution in [3.8, 4) is 6.07 Å². The zero-order chi connectivity index (χ0) is 13.2. The molecule has 0 aliphatic carbocycles. The molecule has 0 bridgehead atoms. The van der Waals surface area contributed by atoms with Gasteiger partial charge >= 0.3 is 0 Å². The minimum absolute atomic E-state index is 0.0359. The number of hydrogen-bond donors (Lipinski definition) is 1. The van der Waals surface area contributed by atoms with Gasteiger partial charge in [-0.3, -0.25) is 4.72 Å². The van der Waals surface area contributed by atoms with Crippen molar-refractivity contribution in [3.63, 3.8) is 0 Å². The normalized spacial score (nSPS) is 10.9. The largest absolute Gasteiger partial charge is 0.272 e. The van der Waals surface area contributed by atoms with Crippen LogP contribution in [0.2, 0.25) is 5.28 Å². The summed E-state index contributed by atoms with van der Waals surface area (Å²) in [6, 6.07) is 6.04. The fourth-order valence-electron chi connectivity index (χ4n) is 1.10. The Morgan fingerprint density at radius 1 is 1.39 bits per heavy atom. The highest BCUT2D eigenvalue weighted by Gasteiger charge is 2.17. The van der Waals surface area contributed by atoms with Gasteiger partial charge in [0.25, 0.3) is 10.0 Å². The van der Waals surface area contributed by atoms with Gasteiger partial charge in [0, 0.05) is 6.20 Å². The second-order valence-corrected chi connectivity index (χ2v) is 6.38. The third-order valence-corrected chi connectivity index (χ3v) is 4.84. The maximum atomic E-state index is 11.9. The Labute approximate surface area is 112 Å². The number of sulfonamides is 1. The summed E-state index contributed by atoms with van der Waals surface area (Å²) < 4.78 is 26.1. The summed E-state index contributed by atoms with van der Waals surface area (Å²) in [6.45, 7) is 0. The first-order valence-corrected chi connectivity index (χ1v) is 7.20. The quantitative estimate of drug-likeness (QED) is 0.873. The van der Waals surface area contributed by atoms with E-state index in [4.69, 9.17) is 16.9 Å². The van der Waals surface area contributed by atoms with E-state index in [9.17, 15) is 8.42 Å². The smallest absolute Gasteiger partial charge is 0.263 e. The zero-order valence-electron chi connectivity index (χ0n) is 8.66. The van der Waals surface area contributed by atoms with E-state index in [1.807, 2.05) is 6.07 Å². The molecule has 0 fully saturated rings. The summed E-state index contributed by atoms with van der Waals surface area (Å²) in [4.78, 5) is 7.67. The Balaban J connectivity index is 2.30. The van der Waals surface area contributed by atoms with Crippen molar-refractivity contribution in [2.24, 2.45) is 0 Å². The van der Waals surface area contributed by atoms with Gasteiger partial charge in [0.2, 0.25) is 5.28 Å². The van der Waals surface area contributed by atoms with Gasteiger partial charge in [0.15, 0.2) is 0 Å². The Kier molecular flexibility index (Phi) is 3.47. The molecule has 2 aromatic rings.